The second-order valence-electron chi connectivity index (χ2n) is 5.74. The van der Waals surface area contributed by atoms with Gasteiger partial charge in [-0.25, -0.2) is 4.79 Å². The molecule has 1 aromatic rings. The molecule has 0 bridgehead atoms. The van der Waals surface area contributed by atoms with E-state index in [0.717, 1.165) is 4.90 Å². The molecule has 1 fully saturated rings. The number of rotatable bonds is 5. The van der Waals surface area contributed by atoms with E-state index in [2.05, 4.69) is 5.32 Å². The number of hydrogen-bond acceptors (Lipinski definition) is 7. The Hall–Kier alpha value is -1.88. The summed E-state index contributed by atoms with van der Waals surface area (Å²) in [5.41, 5.74) is 5.49. The van der Waals surface area contributed by atoms with Crippen molar-refractivity contribution in [2.45, 2.75) is 24.1 Å². The number of nitrogens with zero attached hydrogens (tertiary/aromatic N) is 1. The van der Waals surface area contributed by atoms with E-state index in [0.29, 0.717) is 16.9 Å². The van der Waals surface area contributed by atoms with E-state index in [9.17, 15) is 19.5 Å². The molecule has 0 spiro atoms. The summed E-state index contributed by atoms with van der Waals surface area (Å²) in [6.07, 6.45) is 0. The summed E-state index contributed by atoms with van der Waals surface area (Å²) >= 11 is 2.74. The van der Waals surface area contributed by atoms with Crippen LogP contribution in [0.1, 0.15) is 18.5 Å². The van der Waals surface area contributed by atoms with Gasteiger partial charge in [-0.2, -0.15) is 11.3 Å². The van der Waals surface area contributed by atoms with Gasteiger partial charge in [0.2, 0.25) is 5.91 Å². The number of thiophene rings is 1. The lowest BCUT2D eigenvalue weighted by molar-refractivity contribution is -0.192. The quantitative estimate of drug-likeness (QED) is 0.499. The summed E-state index contributed by atoms with van der Waals surface area (Å²) in [7, 11) is 1.30. The van der Waals surface area contributed by atoms with Crippen molar-refractivity contribution in [2.24, 2.45) is 5.73 Å². The van der Waals surface area contributed by atoms with Crippen molar-refractivity contribution < 1.29 is 24.2 Å². The Labute approximate surface area is 152 Å². The Bertz CT molecular complexity index is 763. The van der Waals surface area contributed by atoms with Crippen molar-refractivity contribution in [1.82, 2.24) is 10.2 Å². The van der Waals surface area contributed by atoms with Gasteiger partial charge < -0.3 is 20.9 Å². The van der Waals surface area contributed by atoms with Crippen LogP contribution in [0.5, 0.6) is 0 Å². The molecule has 3 rings (SSSR count). The highest BCUT2D eigenvalue weighted by Gasteiger charge is 2.66. The van der Waals surface area contributed by atoms with Crippen molar-refractivity contribution >= 4 is 40.9 Å². The molecule has 0 aliphatic carbocycles. The number of nitrogens with one attached hydrogen (secondary N) is 1. The van der Waals surface area contributed by atoms with Crippen LogP contribution in [0, 0.1) is 0 Å². The first kappa shape index (κ1) is 17.9. The van der Waals surface area contributed by atoms with Crippen LogP contribution in [0.15, 0.2) is 28.1 Å². The minimum absolute atomic E-state index is 0.0576. The summed E-state index contributed by atoms with van der Waals surface area (Å²) in [5.74, 6) is -1.93. The minimum atomic E-state index is -1.61. The molecule has 8 nitrogen and oxygen atoms in total. The van der Waals surface area contributed by atoms with Gasteiger partial charge in [-0.3, -0.25) is 14.5 Å². The smallest absolute Gasteiger partial charge is 0.352 e. The number of carboxylic acids is 1. The molecule has 2 amide bonds. The van der Waals surface area contributed by atoms with Crippen molar-refractivity contribution in [3.63, 3.8) is 0 Å². The van der Waals surface area contributed by atoms with Gasteiger partial charge in [-0.05, 0) is 34.9 Å². The average molecular weight is 383 g/mol. The number of ether oxygens (including phenoxy) is 1. The molecule has 0 aromatic carbocycles. The van der Waals surface area contributed by atoms with Crippen LogP contribution in [0.25, 0.3) is 0 Å². The third-order valence-electron chi connectivity index (χ3n) is 4.24. The predicted molar refractivity (Wildman–Crippen MR) is 92.6 cm³/mol. The molecule has 134 valence electrons. The van der Waals surface area contributed by atoms with E-state index >= 15 is 0 Å². The molecule has 0 radical (unpaired) electrons. The first-order chi connectivity index (χ1) is 11.8. The number of carboxylic acid groups (broad SMARTS) is 1. The zero-order chi connectivity index (χ0) is 18.4. The highest BCUT2D eigenvalue weighted by molar-refractivity contribution is 8.00. The van der Waals surface area contributed by atoms with E-state index in [1.165, 1.54) is 30.2 Å². The standard InChI is InChI=1S/C15H17N3O5S2/c1-7-5-25-14-15(23-2,13(22)18(14)10(7)12(20)21)17-11(19)9(16)8-3-4-24-6-8/h3-4,6,9,14H,5,16H2,1-2H3,(H,17,19)(H,20,21)/t9?,14-,15?/m1/s1. The highest BCUT2D eigenvalue weighted by atomic mass is 32.2. The maximum atomic E-state index is 12.7. The van der Waals surface area contributed by atoms with Gasteiger partial charge in [0.25, 0.3) is 11.6 Å². The normalized spacial score (nSPS) is 26.8. The second-order valence-corrected chi connectivity index (χ2v) is 7.58. The van der Waals surface area contributed by atoms with Gasteiger partial charge in [0.15, 0.2) is 0 Å². The van der Waals surface area contributed by atoms with Crippen molar-refractivity contribution in [1.29, 1.82) is 0 Å². The Morgan fingerprint density at radius 1 is 1.56 bits per heavy atom. The van der Waals surface area contributed by atoms with Crippen LogP contribution >= 0.6 is 23.1 Å². The number of hydrogen-bond donors (Lipinski definition) is 3. The number of aliphatic carboxylic acids is 1. The maximum Gasteiger partial charge on any atom is 0.352 e. The number of thioether (sulfide) groups is 1. The first-order valence-electron chi connectivity index (χ1n) is 7.36. The number of β-lactam (4-membered cyclic amide) rings is 1. The van der Waals surface area contributed by atoms with Gasteiger partial charge in [0, 0.05) is 12.9 Å². The molecular weight excluding hydrogens is 366 g/mol. The molecule has 3 atom stereocenters. The molecule has 2 aliphatic heterocycles. The summed E-state index contributed by atoms with van der Waals surface area (Å²) < 4.78 is 5.34. The second kappa shape index (κ2) is 6.45. The van der Waals surface area contributed by atoms with Gasteiger partial charge in [0.1, 0.15) is 17.1 Å². The Kier molecular flexibility index (Phi) is 4.62. The molecular formula is C15H17N3O5S2. The molecule has 4 N–H and O–H groups in total. The van der Waals surface area contributed by atoms with Crippen LogP contribution in [0.2, 0.25) is 0 Å². The van der Waals surface area contributed by atoms with Crippen LogP contribution < -0.4 is 11.1 Å². The lowest BCUT2D eigenvalue weighted by atomic mass is 9.97. The Morgan fingerprint density at radius 3 is 2.84 bits per heavy atom. The van der Waals surface area contributed by atoms with Gasteiger partial charge in [-0.15, -0.1) is 11.8 Å². The largest absolute Gasteiger partial charge is 0.477 e. The fourth-order valence-electron chi connectivity index (χ4n) is 2.90. The van der Waals surface area contributed by atoms with E-state index < -0.39 is 34.9 Å². The lowest BCUT2D eigenvalue weighted by Crippen LogP contribution is -2.81. The SMILES string of the molecule is COC1(NC(=O)C(N)c2ccsc2)C(=O)N2C(C(=O)O)=C(C)CS[C@@H]21. The van der Waals surface area contributed by atoms with Crippen molar-refractivity contribution in [3.8, 4) is 0 Å². The van der Waals surface area contributed by atoms with Crippen molar-refractivity contribution in [2.75, 3.05) is 12.9 Å². The zero-order valence-corrected chi connectivity index (χ0v) is 15.1. The average Bonchev–Trinajstić information content (AvgIpc) is 3.12. The number of methoxy groups -OCH3 is 1. The molecule has 0 saturated carbocycles. The van der Waals surface area contributed by atoms with Crippen LogP contribution in [-0.4, -0.2) is 51.8 Å². The third kappa shape index (κ3) is 2.65. The fourth-order valence-corrected chi connectivity index (χ4v) is 4.98. The summed E-state index contributed by atoms with van der Waals surface area (Å²) in [5, 5.41) is 14.9. The van der Waals surface area contributed by atoms with Gasteiger partial charge in [0.05, 0.1) is 0 Å². The molecule has 1 aromatic heterocycles. The third-order valence-corrected chi connectivity index (χ3v) is 6.40. The Morgan fingerprint density at radius 2 is 2.28 bits per heavy atom. The maximum absolute atomic E-state index is 12.7. The number of nitrogens with two attached hydrogens (primary N) is 1. The highest BCUT2D eigenvalue weighted by Crippen LogP contribution is 2.46. The summed E-state index contributed by atoms with van der Waals surface area (Å²) in [4.78, 5) is 37.8. The molecule has 25 heavy (non-hydrogen) atoms. The lowest BCUT2D eigenvalue weighted by Gasteiger charge is -2.55. The molecule has 1 saturated heterocycles. The van der Waals surface area contributed by atoms with E-state index in [1.54, 1.807) is 23.8 Å². The first-order valence-corrected chi connectivity index (χ1v) is 9.35. The minimum Gasteiger partial charge on any atom is -0.477 e. The molecule has 3 heterocycles. The van der Waals surface area contributed by atoms with Gasteiger partial charge in [-0.1, -0.05) is 0 Å². The summed E-state index contributed by atoms with van der Waals surface area (Å²) in [6, 6.07) is 0.790. The van der Waals surface area contributed by atoms with E-state index in [1.807, 2.05) is 0 Å². The number of amides is 2. The Balaban J connectivity index is 1.85. The predicted octanol–water partition coefficient (Wildman–Crippen LogP) is 0.481. The zero-order valence-electron chi connectivity index (χ0n) is 13.5. The van der Waals surface area contributed by atoms with Crippen LogP contribution in [0.3, 0.4) is 0 Å². The van der Waals surface area contributed by atoms with Crippen molar-refractivity contribution in [3.05, 3.63) is 33.7 Å². The molecule has 10 heteroatoms. The van der Waals surface area contributed by atoms with E-state index in [-0.39, 0.29) is 5.70 Å². The van der Waals surface area contributed by atoms with Gasteiger partial charge >= 0.3 is 5.97 Å². The topological polar surface area (TPSA) is 122 Å². The monoisotopic (exact) mass is 383 g/mol. The molecule has 2 aliphatic rings. The van der Waals surface area contributed by atoms with Crippen LogP contribution in [0.4, 0.5) is 0 Å². The molecule has 2 unspecified atom stereocenters. The number of carbonyl (C=O) groups is 3. The number of carbonyl (C=O) groups excluding carboxylic acids is 2. The van der Waals surface area contributed by atoms with Crippen LogP contribution in [-0.2, 0) is 19.1 Å². The number of fused-ring (bicyclic) bond motifs is 1. The summed E-state index contributed by atoms with van der Waals surface area (Å²) in [6.45, 7) is 1.66. The fraction of sp³-hybridized carbons (Fsp3) is 0.400. The van der Waals surface area contributed by atoms with E-state index in [4.69, 9.17) is 10.5 Å².